The first-order chi connectivity index (χ1) is 35.3. The number of phenolic OH excluding ortho intramolecular Hbond substituents is 1. The van der Waals surface area contributed by atoms with Crippen molar-refractivity contribution < 1.29 is 55.5 Å². The van der Waals surface area contributed by atoms with Crippen LogP contribution < -0.4 is 25.0 Å². The van der Waals surface area contributed by atoms with E-state index in [2.05, 4.69) is 30.8 Å². The Morgan fingerprint density at radius 1 is 0.613 bits per heavy atom. The zero-order valence-electron chi connectivity index (χ0n) is 40.1. The maximum Gasteiger partial charge on any atom is 2.00 e. The number of benzene rings is 8. The molecule has 0 fully saturated rings. The van der Waals surface area contributed by atoms with Crippen LogP contribution in [0.5, 0.6) is 23.0 Å². The number of para-hydroxylation sites is 4. The van der Waals surface area contributed by atoms with Crippen molar-refractivity contribution in [3.05, 3.63) is 166 Å². The van der Waals surface area contributed by atoms with E-state index in [9.17, 15) is 46.1 Å². The van der Waals surface area contributed by atoms with E-state index in [4.69, 9.17) is 32.7 Å². The molecule has 75 heavy (non-hydrogen) atoms. The number of fused-ring (bicyclic) bond motifs is 2. The van der Waals surface area contributed by atoms with Gasteiger partial charge in [0, 0.05) is 10.8 Å². The summed E-state index contributed by atoms with van der Waals surface area (Å²) < 4.78 is 77.4. The average Bonchev–Trinajstić information content (AvgIpc) is 3.37. The number of nitrogens with zero attached hydrogens (tertiary/aromatic N) is 5. The molecule has 0 bridgehead atoms. The maximum absolute atomic E-state index is 13.4. The van der Waals surface area contributed by atoms with Gasteiger partial charge >= 0.3 is 37.7 Å². The van der Waals surface area contributed by atoms with Gasteiger partial charge in [0.1, 0.15) is 44.0 Å². The number of methoxy groups -OCH3 is 2. The number of carbonyl (C=O) groups excluding carboxylic acids is 1. The van der Waals surface area contributed by atoms with Crippen molar-refractivity contribution in [2.75, 3.05) is 19.5 Å². The predicted octanol–water partition coefficient (Wildman–Crippen LogP) is 11.5. The van der Waals surface area contributed by atoms with Crippen LogP contribution in [0.2, 0.25) is 10.0 Å². The molecular formula is C52H42CaCl2N6O12S2. The van der Waals surface area contributed by atoms with Crippen molar-refractivity contribution in [2.24, 2.45) is 25.4 Å². The first-order valence-electron chi connectivity index (χ1n) is 22.0. The number of hydrogen-bond acceptors (Lipinski definition) is 15. The van der Waals surface area contributed by atoms with Crippen LogP contribution in [0.1, 0.15) is 40.9 Å². The molecule has 18 nitrogen and oxygen atoms in total. The summed E-state index contributed by atoms with van der Waals surface area (Å²) in [6.07, 6.45) is 0.600. The van der Waals surface area contributed by atoms with Crippen LogP contribution in [-0.2, 0) is 33.1 Å². The standard InChI is InChI=1S/2C26H22ClN3O6S.Ca/c2*1-3-15-12-13-20(22(27)25(15)37(33,34)35)29-30-23-17-9-5-4-8-16(17)14-18(24(23)31)26(32)28-19-10-6-7-11-21(19)36-2;/h2*4-14,31H,3H2,1-2H3,(H,28,32)(H,33,34,35);/q;;+2/p-2. The fourth-order valence-electron chi connectivity index (χ4n) is 7.64. The molecule has 0 aliphatic carbocycles. The van der Waals surface area contributed by atoms with Gasteiger partial charge in [-0.25, -0.2) is 0 Å². The number of rotatable bonds is 14. The van der Waals surface area contributed by atoms with Gasteiger partial charge in [-0.05, 0) is 94.7 Å². The molecule has 0 aliphatic rings. The van der Waals surface area contributed by atoms with Crippen molar-refractivity contribution >= 4 is 149 Å². The summed E-state index contributed by atoms with van der Waals surface area (Å²) in [7, 11) is -6.35. The molecule has 4 N–H and O–H groups in total. The summed E-state index contributed by atoms with van der Waals surface area (Å²) >= 11 is 12.5. The molecule has 0 radical (unpaired) electrons. The summed E-state index contributed by atoms with van der Waals surface area (Å²) in [6, 6.07) is 35.9. The topological polar surface area (TPSA) is 284 Å². The third-order valence-corrected chi connectivity index (χ3v) is 14.2. The Hall–Kier alpha value is -6.72. The summed E-state index contributed by atoms with van der Waals surface area (Å²) in [4.78, 5) is 16.3. The molecular weight excluding hydrogens is 1080 g/mol. The normalized spacial score (nSPS) is 11.9. The first kappa shape index (κ1) is 57.6. The van der Waals surface area contributed by atoms with Gasteiger partial charge in [-0.15, -0.1) is 15.3 Å². The van der Waals surface area contributed by atoms with Gasteiger partial charge in [-0.2, -0.15) is 21.9 Å². The zero-order chi connectivity index (χ0) is 53.5. The number of ether oxygens (including phenoxy) is 2. The molecule has 8 aromatic carbocycles. The average molecular weight is 1120 g/mol. The number of anilines is 1. The fourth-order valence-corrected chi connectivity index (χ4v) is 10.4. The van der Waals surface area contributed by atoms with E-state index in [-0.39, 0.29) is 87.3 Å². The Labute approximate surface area is 470 Å². The van der Waals surface area contributed by atoms with Crippen LogP contribution in [0.25, 0.3) is 21.5 Å². The quantitative estimate of drug-likeness (QED) is 0.0260. The first-order valence-corrected chi connectivity index (χ1v) is 25.7. The van der Waals surface area contributed by atoms with Crippen molar-refractivity contribution in [3.63, 3.8) is 0 Å². The fraction of sp³-hybridized carbons (Fsp3) is 0.115. The molecule has 0 saturated carbocycles. The van der Waals surface area contributed by atoms with E-state index < -0.39 is 53.3 Å². The van der Waals surface area contributed by atoms with E-state index in [0.29, 0.717) is 62.7 Å². The molecule has 23 heteroatoms. The van der Waals surface area contributed by atoms with Gasteiger partial charge in [0.25, 0.3) is 26.1 Å². The molecule has 1 amide bonds. The number of halogens is 2. The smallest absolute Gasteiger partial charge is 0.871 e. The van der Waals surface area contributed by atoms with Gasteiger partial charge < -0.3 is 30.1 Å². The number of nitrogens with one attached hydrogen (secondary N) is 1. The van der Waals surface area contributed by atoms with Crippen LogP contribution in [0.3, 0.4) is 0 Å². The second-order valence-corrected chi connectivity index (χ2v) is 19.2. The Kier molecular flexibility index (Phi) is 19.0. The van der Waals surface area contributed by atoms with Gasteiger partial charge in [-0.1, -0.05) is 128 Å². The largest absolute Gasteiger partial charge is 2.00 e. The minimum absolute atomic E-state index is 0. The summed E-state index contributed by atoms with van der Waals surface area (Å²) in [5.74, 6) is -1.76. The zero-order valence-corrected chi connectivity index (χ0v) is 45.5. The Bertz CT molecular complexity index is 3830. The number of aliphatic imine (C=N–C) groups is 1. The van der Waals surface area contributed by atoms with E-state index >= 15 is 0 Å². The van der Waals surface area contributed by atoms with Crippen LogP contribution in [0.15, 0.2) is 169 Å². The monoisotopic (exact) mass is 1120 g/mol. The van der Waals surface area contributed by atoms with Crippen molar-refractivity contribution in [3.8, 4) is 23.0 Å². The van der Waals surface area contributed by atoms with E-state index in [1.165, 1.54) is 50.6 Å². The molecule has 0 saturated heterocycles. The summed E-state index contributed by atoms with van der Waals surface area (Å²) in [5.41, 5.74) is 0.686. The molecule has 0 heterocycles. The van der Waals surface area contributed by atoms with Crippen LogP contribution in [-0.4, -0.2) is 94.8 Å². The molecule has 0 unspecified atom stereocenters. The molecule has 0 aliphatic heterocycles. The van der Waals surface area contributed by atoms with E-state index in [1.54, 1.807) is 111 Å². The number of aromatic hydroxyl groups is 1. The number of aryl methyl sites for hydroxylation is 2. The van der Waals surface area contributed by atoms with Crippen LogP contribution in [0.4, 0.5) is 34.1 Å². The summed E-state index contributed by atoms with van der Waals surface area (Å²) in [5, 5.41) is 57.9. The molecule has 8 rings (SSSR count). The van der Waals surface area contributed by atoms with E-state index in [1.807, 2.05) is 0 Å². The molecule has 0 atom stereocenters. The molecule has 8 aromatic rings. The minimum atomic E-state index is -4.64. The van der Waals surface area contributed by atoms with E-state index in [0.717, 1.165) is 0 Å². The van der Waals surface area contributed by atoms with Crippen molar-refractivity contribution in [2.45, 2.75) is 36.5 Å². The van der Waals surface area contributed by atoms with Crippen LogP contribution in [0, 0.1) is 0 Å². The van der Waals surface area contributed by atoms with Crippen LogP contribution >= 0.6 is 23.2 Å². The third-order valence-electron chi connectivity index (χ3n) is 11.2. The van der Waals surface area contributed by atoms with Gasteiger partial charge in [-0.3, -0.25) is 18.9 Å². The van der Waals surface area contributed by atoms with Crippen molar-refractivity contribution in [1.82, 2.24) is 0 Å². The number of hydrogen-bond donors (Lipinski definition) is 4. The Balaban J connectivity index is 0.000000241. The Morgan fingerprint density at radius 3 is 1.59 bits per heavy atom. The van der Waals surface area contributed by atoms with Gasteiger partial charge in [0.15, 0.2) is 5.75 Å². The molecule has 380 valence electrons. The number of azo groups is 2. The third kappa shape index (κ3) is 12.9. The molecule has 0 aromatic heterocycles. The second-order valence-electron chi connectivity index (χ2n) is 15.7. The SMILES string of the molecule is CCc1ccc(N=Nc2c(O)c(C(=O)Nc3ccccc3OC)cc3ccccc23)c(Cl)c1S(=O)(=O)O.CCc1ccc(N=Nc2c([O-])c(C([O-])=Nc3ccccc3OC)cc3ccccc23)c(Cl)c1S(=O)(=O)O.[Ca+2]. The minimum Gasteiger partial charge on any atom is -0.871 e. The number of carbonyl (C=O) groups is 1. The predicted molar refractivity (Wildman–Crippen MR) is 285 cm³/mol. The van der Waals surface area contributed by atoms with Crippen molar-refractivity contribution in [1.29, 1.82) is 0 Å². The second kappa shape index (κ2) is 24.7. The summed E-state index contributed by atoms with van der Waals surface area (Å²) in [6.45, 7) is 3.42. The van der Waals surface area contributed by atoms with Gasteiger partial charge in [0.2, 0.25) is 0 Å². The molecule has 0 spiro atoms. The van der Waals surface area contributed by atoms with Gasteiger partial charge in [0.05, 0.1) is 41.2 Å². The number of phenols is 1. The Morgan fingerprint density at radius 2 is 1.07 bits per heavy atom. The maximum atomic E-state index is 13.4. The number of amides is 1.